The van der Waals surface area contributed by atoms with Crippen LogP contribution >= 0.6 is 0 Å². The number of nitrogens with zero attached hydrogens (tertiary/aromatic N) is 2. The van der Waals surface area contributed by atoms with Crippen LogP contribution in [-0.2, 0) is 14.4 Å². The number of carbonyl (C=O) groups is 4. The second-order valence-electron chi connectivity index (χ2n) is 5.68. The highest BCUT2D eigenvalue weighted by Crippen LogP contribution is 2.27. The zero-order chi connectivity index (χ0) is 14.5. The molecule has 2 N–H and O–H groups in total. The van der Waals surface area contributed by atoms with Crippen LogP contribution in [0.2, 0.25) is 0 Å². The fourth-order valence-corrected chi connectivity index (χ4v) is 3.10. The van der Waals surface area contributed by atoms with E-state index in [0.29, 0.717) is 19.5 Å². The summed E-state index contributed by atoms with van der Waals surface area (Å²) < 4.78 is 0. The number of rotatable bonds is 1. The predicted molar refractivity (Wildman–Crippen MR) is 66.3 cm³/mol. The van der Waals surface area contributed by atoms with Gasteiger partial charge in [0.2, 0.25) is 11.8 Å². The van der Waals surface area contributed by atoms with Gasteiger partial charge >= 0.3 is 6.03 Å². The highest BCUT2D eigenvalue weighted by atomic mass is 16.2. The number of carbonyl (C=O) groups excluding carboxylic acids is 4. The summed E-state index contributed by atoms with van der Waals surface area (Å²) >= 11 is 0. The molecule has 0 bridgehead atoms. The quantitative estimate of drug-likeness (QED) is 0.558. The molecule has 3 aliphatic rings. The van der Waals surface area contributed by atoms with Gasteiger partial charge in [-0.2, -0.15) is 0 Å². The van der Waals surface area contributed by atoms with Crippen LogP contribution < -0.4 is 10.6 Å². The van der Waals surface area contributed by atoms with Crippen molar-refractivity contribution in [2.45, 2.75) is 18.4 Å². The van der Waals surface area contributed by atoms with Crippen molar-refractivity contribution in [2.75, 3.05) is 26.7 Å². The Morgan fingerprint density at radius 1 is 1.35 bits per heavy atom. The second kappa shape index (κ2) is 4.19. The molecule has 3 rings (SSSR count). The lowest BCUT2D eigenvalue weighted by atomic mass is 9.99. The molecule has 1 spiro atoms. The number of imide groups is 1. The lowest BCUT2D eigenvalue weighted by Crippen LogP contribution is -2.50. The summed E-state index contributed by atoms with van der Waals surface area (Å²) in [5.74, 6) is -0.877. The molecular weight excluding hydrogens is 264 g/mol. The Morgan fingerprint density at radius 3 is 2.65 bits per heavy atom. The third-order valence-corrected chi connectivity index (χ3v) is 4.29. The van der Waals surface area contributed by atoms with E-state index < -0.39 is 11.6 Å². The molecule has 2 atom stereocenters. The fourth-order valence-electron chi connectivity index (χ4n) is 3.10. The Bertz CT molecular complexity index is 520. The van der Waals surface area contributed by atoms with E-state index >= 15 is 0 Å². The molecule has 5 amide bonds. The molecule has 0 radical (unpaired) electrons. The van der Waals surface area contributed by atoms with Crippen LogP contribution in [0.15, 0.2) is 0 Å². The van der Waals surface area contributed by atoms with Gasteiger partial charge in [0.05, 0.1) is 12.5 Å². The van der Waals surface area contributed by atoms with Crippen molar-refractivity contribution >= 4 is 23.8 Å². The molecule has 0 aromatic rings. The van der Waals surface area contributed by atoms with E-state index in [-0.39, 0.29) is 36.6 Å². The van der Waals surface area contributed by atoms with Gasteiger partial charge in [0.25, 0.3) is 5.91 Å². The molecule has 8 heteroatoms. The fraction of sp³-hybridized carbons (Fsp3) is 0.667. The monoisotopic (exact) mass is 280 g/mol. The standard InChI is InChI=1S/C12H16N4O4/c1-15-5-7(4-8(15)17)9(18)16-3-2-12(6-16)10(19)13-11(20)14-12/h7H,2-6H2,1H3,(H2,13,14,19,20). The molecule has 2 unspecified atom stereocenters. The van der Waals surface area contributed by atoms with Crippen LogP contribution in [0.1, 0.15) is 12.8 Å². The lowest BCUT2D eigenvalue weighted by molar-refractivity contribution is -0.135. The minimum absolute atomic E-state index is 0.0378. The molecule has 0 saturated carbocycles. The Labute approximate surface area is 115 Å². The second-order valence-corrected chi connectivity index (χ2v) is 5.68. The molecule has 3 fully saturated rings. The maximum absolute atomic E-state index is 12.4. The number of urea groups is 1. The van der Waals surface area contributed by atoms with Crippen molar-refractivity contribution < 1.29 is 19.2 Å². The van der Waals surface area contributed by atoms with Gasteiger partial charge in [-0.15, -0.1) is 0 Å². The first-order valence-electron chi connectivity index (χ1n) is 6.58. The minimum Gasteiger partial charge on any atom is -0.345 e. The van der Waals surface area contributed by atoms with Crippen molar-refractivity contribution in [3.63, 3.8) is 0 Å². The number of amides is 5. The summed E-state index contributed by atoms with van der Waals surface area (Å²) in [6.07, 6.45) is 0.629. The van der Waals surface area contributed by atoms with Crippen LogP contribution in [0.4, 0.5) is 4.79 Å². The summed E-state index contributed by atoms with van der Waals surface area (Å²) in [5, 5.41) is 4.80. The Morgan fingerprint density at radius 2 is 2.10 bits per heavy atom. The van der Waals surface area contributed by atoms with Gasteiger partial charge in [-0.05, 0) is 6.42 Å². The normalized spacial score (nSPS) is 33.0. The molecule has 0 aromatic heterocycles. The number of hydrogen-bond acceptors (Lipinski definition) is 4. The van der Waals surface area contributed by atoms with Gasteiger partial charge in [0, 0.05) is 26.6 Å². The molecule has 8 nitrogen and oxygen atoms in total. The highest BCUT2D eigenvalue weighted by molar-refractivity contribution is 6.07. The predicted octanol–water partition coefficient (Wildman–Crippen LogP) is -1.72. The zero-order valence-electron chi connectivity index (χ0n) is 11.1. The Kier molecular flexibility index (Phi) is 2.70. The van der Waals surface area contributed by atoms with Gasteiger partial charge in [-0.1, -0.05) is 0 Å². The molecule has 0 aromatic carbocycles. The van der Waals surface area contributed by atoms with E-state index in [4.69, 9.17) is 0 Å². The van der Waals surface area contributed by atoms with E-state index in [1.807, 2.05) is 0 Å². The average molecular weight is 280 g/mol. The summed E-state index contributed by atoms with van der Waals surface area (Å²) in [4.78, 5) is 50.0. The summed E-state index contributed by atoms with van der Waals surface area (Å²) in [6.45, 7) is 1.01. The number of likely N-dealkylation sites (tertiary alicyclic amines) is 2. The first-order valence-corrected chi connectivity index (χ1v) is 6.58. The SMILES string of the molecule is CN1CC(C(=O)N2CCC3(C2)NC(=O)NC3=O)CC1=O. The maximum atomic E-state index is 12.4. The van der Waals surface area contributed by atoms with Gasteiger partial charge in [0.1, 0.15) is 5.54 Å². The van der Waals surface area contributed by atoms with Gasteiger partial charge in [-0.25, -0.2) is 4.79 Å². The number of hydrogen-bond donors (Lipinski definition) is 2. The summed E-state index contributed by atoms with van der Waals surface area (Å²) in [5.41, 5.74) is -0.985. The van der Waals surface area contributed by atoms with Crippen molar-refractivity contribution in [2.24, 2.45) is 5.92 Å². The van der Waals surface area contributed by atoms with Crippen LogP contribution in [0.25, 0.3) is 0 Å². The van der Waals surface area contributed by atoms with E-state index in [1.54, 1.807) is 16.8 Å². The molecule has 3 aliphatic heterocycles. The minimum atomic E-state index is -0.985. The third kappa shape index (κ3) is 1.83. The van der Waals surface area contributed by atoms with Crippen LogP contribution in [-0.4, -0.2) is 65.8 Å². The van der Waals surface area contributed by atoms with E-state index in [9.17, 15) is 19.2 Å². The van der Waals surface area contributed by atoms with Crippen molar-refractivity contribution in [1.29, 1.82) is 0 Å². The molecular formula is C12H16N4O4. The van der Waals surface area contributed by atoms with E-state index in [1.165, 1.54) is 0 Å². The van der Waals surface area contributed by atoms with Crippen LogP contribution in [0.5, 0.6) is 0 Å². The molecule has 20 heavy (non-hydrogen) atoms. The molecule has 0 aliphatic carbocycles. The highest BCUT2D eigenvalue weighted by Gasteiger charge is 2.52. The topological polar surface area (TPSA) is 98.8 Å². The van der Waals surface area contributed by atoms with Crippen molar-refractivity contribution in [3.8, 4) is 0 Å². The van der Waals surface area contributed by atoms with Crippen LogP contribution in [0, 0.1) is 5.92 Å². The van der Waals surface area contributed by atoms with E-state index in [0.717, 1.165) is 0 Å². The lowest BCUT2D eigenvalue weighted by Gasteiger charge is -2.23. The van der Waals surface area contributed by atoms with Crippen LogP contribution in [0.3, 0.4) is 0 Å². The molecule has 3 saturated heterocycles. The first kappa shape index (κ1) is 12.9. The summed E-state index contributed by atoms with van der Waals surface area (Å²) in [7, 11) is 1.67. The smallest absolute Gasteiger partial charge is 0.322 e. The van der Waals surface area contributed by atoms with Crippen molar-refractivity contribution in [3.05, 3.63) is 0 Å². The maximum Gasteiger partial charge on any atom is 0.322 e. The Hall–Kier alpha value is -2.12. The van der Waals surface area contributed by atoms with Gasteiger partial charge in [0.15, 0.2) is 0 Å². The summed E-state index contributed by atoms with van der Waals surface area (Å²) in [6, 6.07) is -0.514. The van der Waals surface area contributed by atoms with Gasteiger partial charge in [-0.3, -0.25) is 19.7 Å². The first-order chi connectivity index (χ1) is 9.41. The number of nitrogens with one attached hydrogen (secondary N) is 2. The van der Waals surface area contributed by atoms with Crippen molar-refractivity contribution in [1.82, 2.24) is 20.4 Å². The molecule has 108 valence electrons. The largest absolute Gasteiger partial charge is 0.345 e. The average Bonchev–Trinajstić information content (AvgIpc) is 3.02. The van der Waals surface area contributed by atoms with E-state index in [2.05, 4.69) is 10.6 Å². The zero-order valence-corrected chi connectivity index (χ0v) is 11.1. The molecule has 3 heterocycles. The third-order valence-electron chi connectivity index (χ3n) is 4.29. The van der Waals surface area contributed by atoms with Gasteiger partial charge < -0.3 is 15.1 Å². The Balaban J connectivity index is 1.69.